The number of aryl methyl sites for hydroxylation is 1. The average molecular weight is 515 g/mol. The monoisotopic (exact) mass is 514 g/mol. The first-order chi connectivity index (χ1) is 19.7. The van der Waals surface area contributed by atoms with Gasteiger partial charge in [-0.3, -0.25) is 0 Å². The van der Waals surface area contributed by atoms with Gasteiger partial charge < -0.3 is 0 Å². The minimum Gasteiger partial charge on any atom is -0.0871 e. The van der Waals surface area contributed by atoms with Crippen LogP contribution in [0.25, 0.3) is 39.0 Å². The van der Waals surface area contributed by atoms with Crippen molar-refractivity contribution in [2.24, 2.45) is 0 Å². The van der Waals surface area contributed by atoms with E-state index in [0.717, 1.165) is 12.8 Å². The maximum absolute atomic E-state index is 2.42. The zero-order valence-electron chi connectivity index (χ0n) is 23.5. The highest BCUT2D eigenvalue weighted by molar-refractivity contribution is 6.01. The molecule has 0 bridgehead atoms. The first-order valence-electron chi connectivity index (χ1n) is 14.6. The van der Waals surface area contributed by atoms with Crippen molar-refractivity contribution in [1.29, 1.82) is 0 Å². The van der Waals surface area contributed by atoms with Gasteiger partial charge in [-0.25, -0.2) is 0 Å². The molecule has 2 aliphatic carbocycles. The summed E-state index contributed by atoms with van der Waals surface area (Å²) in [6.45, 7) is 6.51. The third-order valence-electron chi connectivity index (χ3n) is 8.90. The second-order valence-electron chi connectivity index (χ2n) is 11.0. The van der Waals surface area contributed by atoms with Gasteiger partial charge in [-0.2, -0.15) is 0 Å². The fourth-order valence-electron chi connectivity index (χ4n) is 7.40. The molecule has 7 rings (SSSR count). The lowest BCUT2D eigenvalue weighted by atomic mass is 9.70. The van der Waals surface area contributed by atoms with E-state index in [2.05, 4.69) is 148 Å². The van der Waals surface area contributed by atoms with Crippen molar-refractivity contribution in [1.82, 2.24) is 0 Å². The van der Waals surface area contributed by atoms with Crippen molar-refractivity contribution >= 4 is 5.57 Å². The van der Waals surface area contributed by atoms with E-state index in [1.165, 1.54) is 72.3 Å². The Morgan fingerprint density at radius 2 is 1.18 bits per heavy atom. The number of allylic oxidation sites excluding steroid dienone is 4. The molecule has 0 heterocycles. The second-order valence-corrected chi connectivity index (χ2v) is 11.0. The Balaban J connectivity index is 1.59. The fraction of sp³-hybridized carbons (Fsp3) is 0.150. The minimum absolute atomic E-state index is 0.315. The molecule has 0 unspecified atom stereocenters. The van der Waals surface area contributed by atoms with Crippen LogP contribution in [-0.4, -0.2) is 0 Å². The number of hydrogen-bond acceptors (Lipinski definition) is 0. The molecular weight excluding hydrogens is 480 g/mol. The standard InChI is InChI=1S/C40H34/c1-4-14-27-24-25-29(34(26-27)28(6-3)15-5-2)32-19-13-23-38-39(32)33-18-9-12-22-37(33)40(38)35-20-10-7-16-30(35)31-17-8-11-21-36(31)40/h5-13,15-26H,4,14H2,1-3H3/b15-5-,28-6+. The van der Waals surface area contributed by atoms with E-state index < -0.39 is 0 Å². The Morgan fingerprint density at radius 3 is 1.80 bits per heavy atom. The summed E-state index contributed by atoms with van der Waals surface area (Å²) in [6, 6.07) is 41.3. The first kappa shape index (κ1) is 24.6. The summed E-state index contributed by atoms with van der Waals surface area (Å²) in [6.07, 6.45) is 8.88. The third kappa shape index (κ3) is 3.32. The zero-order chi connectivity index (χ0) is 27.3. The van der Waals surface area contributed by atoms with E-state index in [0.29, 0.717) is 0 Å². The van der Waals surface area contributed by atoms with Crippen molar-refractivity contribution in [3.05, 3.63) is 161 Å². The fourth-order valence-corrected chi connectivity index (χ4v) is 7.40. The molecule has 0 amide bonds. The topological polar surface area (TPSA) is 0 Å². The number of fused-ring (bicyclic) bond motifs is 10. The lowest BCUT2D eigenvalue weighted by molar-refractivity contribution is 0.794. The molecule has 5 aromatic rings. The SMILES string of the molecule is C/C=C\C(=C/C)c1cc(CCC)ccc1-c1cccc2c1-c1ccccc1C21c2ccccc2-c2ccccc21. The molecule has 0 N–H and O–H groups in total. The molecule has 0 fully saturated rings. The second kappa shape index (κ2) is 9.65. The molecule has 5 aromatic carbocycles. The van der Waals surface area contributed by atoms with Crippen LogP contribution < -0.4 is 0 Å². The molecule has 0 aliphatic heterocycles. The highest BCUT2D eigenvalue weighted by Gasteiger charge is 2.51. The summed E-state index contributed by atoms with van der Waals surface area (Å²) in [5, 5.41) is 0. The third-order valence-corrected chi connectivity index (χ3v) is 8.90. The van der Waals surface area contributed by atoms with Gasteiger partial charge in [-0.1, -0.05) is 141 Å². The molecular formula is C40H34. The predicted octanol–water partition coefficient (Wildman–Crippen LogP) is 10.6. The lowest BCUT2D eigenvalue weighted by Crippen LogP contribution is -2.25. The van der Waals surface area contributed by atoms with Gasteiger partial charge in [0.1, 0.15) is 0 Å². The van der Waals surface area contributed by atoms with Crippen molar-refractivity contribution in [3.8, 4) is 33.4 Å². The molecule has 194 valence electrons. The van der Waals surface area contributed by atoms with Crippen LogP contribution in [-0.2, 0) is 11.8 Å². The molecule has 2 aliphatic rings. The summed E-state index contributed by atoms with van der Waals surface area (Å²) in [7, 11) is 0. The van der Waals surface area contributed by atoms with Crippen LogP contribution in [0, 0.1) is 0 Å². The van der Waals surface area contributed by atoms with Crippen LogP contribution in [0.4, 0.5) is 0 Å². The van der Waals surface area contributed by atoms with Crippen molar-refractivity contribution in [3.63, 3.8) is 0 Å². The minimum atomic E-state index is -0.315. The Bertz CT molecular complexity index is 1780. The average Bonchev–Trinajstić information content (AvgIpc) is 3.48. The van der Waals surface area contributed by atoms with Crippen LogP contribution in [0.5, 0.6) is 0 Å². The molecule has 1 spiro atoms. The highest BCUT2D eigenvalue weighted by atomic mass is 14.5. The normalized spacial score (nSPS) is 14.3. The molecule has 0 saturated heterocycles. The Labute approximate surface area is 238 Å². The number of rotatable bonds is 5. The van der Waals surface area contributed by atoms with Crippen molar-refractivity contribution in [2.45, 2.75) is 39.0 Å². The summed E-state index contributed by atoms with van der Waals surface area (Å²) >= 11 is 0. The molecule has 0 atom stereocenters. The lowest BCUT2D eigenvalue weighted by Gasteiger charge is -2.30. The van der Waals surface area contributed by atoms with Crippen LogP contribution in [0.2, 0.25) is 0 Å². The maximum atomic E-state index is 2.42. The van der Waals surface area contributed by atoms with Gasteiger partial charge in [0.25, 0.3) is 0 Å². The number of benzene rings is 5. The number of hydrogen-bond donors (Lipinski definition) is 0. The van der Waals surface area contributed by atoms with Crippen LogP contribution in [0.15, 0.2) is 127 Å². The summed E-state index contributed by atoms with van der Waals surface area (Å²) in [5.41, 5.74) is 17.2. The van der Waals surface area contributed by atoms with E-state index in [1.807, 2.05) is 0 Å². The summed E-state index contributed by atoms with van der Waals surface area (Å²) in [4.78, 5) is 0. The van der Waals surface area contributed by atoms with Gasteiger partial charge in [-0.05, 0) is 92.6 Å². The van der Waals surface area contributed by atoms with Crippen molar-refractivity contribution < 1.29 is 0 Å². The molecule has 0 saturated carbocycles. The van der Waals surface area contributed by atoms with Gasteiger partial charge in [-0.15, -0.1) is 0 Å². The molecule has 0 radical (unpaired) electrons. The van der Waals surface area contributed by atoms with E-state index in [1.54, 1.807) is 0 Å². The van der Waals surface area contributed by atoms with E-state index in [4.69, 9.17) is 0 Å². The van der Waals surface area contributed by atoms with Gasteiger partial charge in [0, 0.05) is 0 Å². The van der Waals surface area contributed by atoms with Gasteiger partial charge >= 0.3 is 0 Å². The molecule has 0 aromatic heterocycles. The van der Waals surface area contributed by atoms with Crippen LogP contribution in [0.3, 0.4) is 0 Å². The van der Waals surface area contributed by atoms with Crippen molar-refractivity contribution in [2.75, 3.05) is 0 Å². The Kier molecular flexibility index (Phi) is 5.93. The predicted molar refractivity (Wildman–Crippen MR) is 171 cm³/mol. The summed E-state index contributed by atoms with van der Waals surface area (Å²) < 4.78 is 0. The largest absolute Gasteiger partial charge is 0.0871 e. The smallest absolute Gasteiger partial charge is 0.0725 e. The Hall–Kier alpha value is -4.42. The first-order valence-corrected chi connectivity index (χ1v) is 14.6. The quantitative estimate of drug-likeness (QED) is 0.200. The summed E-state index contributed by atoms with van der Waals surface area (Å²) in [5.74, 6) is 0. The Morgan fingerprint density at radius 1 is 0.600 bits per heavy atom. The van der Waals surface area contributed by atoms with Crippen LogP contribution in [0.1, 0.15) is 60.6 Å². The molecule has 0 nitrogen and oxygen atoms in total. The van der Waals surface area contributed by atoms with E-state index >= 15 is 0 Å². The van der Waals surface area contributed by atoms with Crippen LogP contribution >= 0.6 is 0 Å². The van der Waals surface area contributed by atoms with Gasteiger partial charge in [0.05, 0.1) is 5.41 Å². The zero-order valence-corrected chi connectivity index (χ0v) is 23.5. The maximum Gasteiger partial charge on any atom is 0.0725 e. The van der Waals surface area contributed by atoms with E-state index in [9.17, 15) is 0 Å². The van der Waals surface area contributed by atoms with Gasteiger partial charge in [0.15, 0.2) is 0 Å². The van der Waals surface area contributed by atoms with Gasteiger partial charge in [0.2, 0.25) is 0 Å². The molecule has 0 heteroatoms. The highest BCUT2D eigenvalue weighted by Crippen LogP contribution is 2.64. The van der Waals surface area contributed by atoms with E-state index in [-0.39, 0.29) is 5.41 Å². The molecule has 40 heavy (non-hydrogen) atoms.